The summed E-state index contributed by atoms with van der Waals surface area (Å²) in [7, 11) is 0. The molecule has 2 saturated heterocycles. The van der Waals surface area contributed by atoms with Crippen LogP contribution in [0.3, 0.4) is 0 Å². The Morgan fingerprint density at radius 3 is 1.38 bits per heavy atom. The number of rotatable bonds is 47. The second-order valence-corrected chi connectivity index (χ2v) is 21.1. The van der Waals surface area contributed by atoms with Gasteiger partial charge in [0.25, 0.3) is 0 Å². The van der Waals surface area contributed by atoms with Crippen LogP contribution >= 0.6 is 0 Å². The van der Waals surface area contributed by atoms with Crippen LogP contribution in [-0.4, -0.2) is 140 Å². The highest BCUT2D eigenvalue weighted by Gasteiger charge is 2.51. The monoisotopic (exact) mass is 1120 g/mol. The van der Waals surface area contributed by atoms with E-state index in [4.69, 9.17) is 18.9 Å². The molecule has 12 atom stereocenters. The smallest absolute Gasteiger partial charge is 0.220 e. The molecule has 2 rings (SSSR count). The Bertz CT molecular complexity index is 1800. The number of allylic oxidation sites excluding steroid dienone is 19. The lowest BCUT2D eigenvalue weighted by atomic mass is 9.97. The van der Waals surface area contributed by atoms with E-state index in [0.717, 1.165) is 103 Å². The molecule has 2 heterocycles. The summed E-state index contributed by atoms with van der Waals surface area (Å²) in [5.41, 5.74) is 0. The molecule has 12 unspecified atom stereocenters. The summed E-state index contributed by atoms with van der Waals surface area (Å²) < 4.78 is 22.7. The van der Waals surface area contributed by atoms with E-state index >= 15 is 0 Å². The lowest BCUT2D eigenvalue weighted by molar-refractivity contribution is -0.359. The number of unbranched alkanes of at least 4 members (excludes halogenated alkanes) is 16. The summed E-state index contributed by atoms with van der Waals surface area (Å²) in [4.78, 5) is 13.3. The molecule has 0 bridgehead atoms. The standard InChI is InChI=1S/C66H109NO13/c1-3-5-7-9-11-13-15-17-19-20-21-22-23-24-25-26-27-28-29-30-31-32-33-34-36-38-40-42-44-46-48-50-58(71)67-54(55(70)49-47-45-43-41-39-37-35-18-16-14-12-10-8-6-4-2)53-77-65-63(76)61(74)64(57(52-69)79-65)80-66-62(75)60(73)59(72)56(51-68)78-66/h5,7,11,13,16-19,21-22,24-25,27-28,30-31,39,41,47,49,54-57,59-66,68-70,72-76H,3-4,6,8-10,12,14-15,20,23,26,29,32-38,40,42-46,48,50-53H2,1-2H3,(H,67,71)/b7-5-,13-11-,18-16+,19-17-,22-21-,25-24-,28-27-,31-30-,41-39+,49-47+. The van der Waals surface area contributed by atoms with Crippen LogP contribution in [0.4, 0.5) is 0 Å². The summed E-state index contributed by atoms with van der Waals surface area (Å²) in [6.45, 7) is 2.62. The van der Waals surface area contributed by atoms with Gasteiger partial charge in [-0.15, -0.1) is 0 Å². The van der Waals surface area contributed by atoms with E-state index in [2.05, 4.69) is 129 Å². The fourth-order valence-corrected chi connectivity index (χ4v) is 9.18. The van der Waals surface area contributed by atoms with E-state index in [1.54, 1.807) is 6.08 Å². The minimum absolute atomic E-state index is 0.254. The molecule has 0 aromatic carbocycles. The molecule has 456 valence electrons. The minimum Gasteiger partial charge on any atom is -0.394 e. The number of aliphatic hydroxyl groups excluding tert-OH is 8. The number of ether oxygens (including phenoxy) is 4. The van der Waals surface area contributed by atoms with Crippen molar-refractivity contribution in [2.75, 3.05) is 19.8 Å². The van der Waals surface area contributed by atoms with Gasteiger partial charge in [0.05, 0.1) is 32.0 Å². The van der Waals surface area contributed by atoms with Crippen molar-refractivity contribution in [2.45, 2.75) is 267 Å². The zero-order valence-corrected chi connectivity index (χ0v) is 49.0. The summed E-state index contributed by atoms with van der Waals surface area (Å²) in [6.07, 6.45) is 55.2. The Balaban J connectivity index is 1.72. The molecule has 2 aliphatic heterocycles. The maximum absolute atomic E-state index is 13.3. The molecule has 9 N–H and O–H groups in total. The number of carbonyl (C=O) groups excluding carboxylic acids is 1. The summed E-state index contributed by atoms with van der Waals surface area (Å²) in [5.74, 6) is -0.266. The van der Waals surface area contributed by atoms with Crippen LogP contribution in [0.15, 0.2) is 122 Å². The molecule has 0 aliphatic carbocycles. The summed E-state index contributed by atoms with van der Waals surface area (Å²) in [6, 6.07) is -0.950. The molecule has 80 heavy (non-hydrogen) atoms. The Kier molecular flexibility index (Phi) is 45.3. The van der Waals surface area contributed by atoms with Gasteiger partial charge in [0.1, 0.15) is 48.8 Å². The van der Waals surface area contributed by atoms with E-state index < -0.39 is 86.8 Å². The third-order valence-corrected chi connectivity index (χ3v) is 14.1. The first kappa shape index (κ1) is 72.5. The molecular weight excluding hydrogens is 1010 g/mol. The number of aliphatic hydroxyl groups is 8. The Morgan fingerprint density at radius 1 is 0.463 bits per heavy atom. The third kappa shape index (κ3) is 34.7. The third-order valence-electron chi connectivity index (χ3n) is 14.1. The van der Waals surface area contributed by atoms with E-state index in [-0.39, 0.29) is 18.9 Å². The van der Waals surface area contributed by atoms with Crippen LogP contribution in [0.5, 0.6) is 0 Å². The largest absolute Gasteiger partial charge is 0.394 e. The van der Waals surface area contributed by atoms with Crippen molar-refractivity contribution in [2.24, 2.45) is 0 Å². The van der Waals surface area contributed by atoms with Gasteiger partial charge in [-0.05, 0) is 103 Å². The van der Waals surface area contributed by atoms with Gasteiger partial charge in [0, 0.05) is 6.42 Å². The Hall–Kier alpha value is -3.61. The number of carbonyl (C=O) groups is 1. The van der Waals surface area contributed by atoms with Gasteiger partial charge in [-0.1, -0.05) is 206 Å². The minimum atomic E-state index is -1.80. The van der Waals surface area contributed by atoms with E-state index in [0.29, 0.717) is 12.8 Å². The highest BCUT2D eigenvalue weighted by Crippen LogP contribution is 2.30. The summed E-state index contributed by atoms with van der Waals surface area (Å²) in [5, 5.41) is 87.1. The van der Waals surface area contributed by atoms with Crippen LogP contribution in [0, 0.1) is 0 Å². The lowest BCUT2D eigenvalue weighted by Gasteiger charge is -2.46. The first-order chi connectivity index (χ1) is 39.1. The first-order valence-electron chi connectivity index (χ1n) is 30.8. The number of hydrogen-bond donors (Lipinski definition) is 9. The van der Waals surface area contributed by atoms with Gasteiger partial charge in [-0.2, -0.15) is 0 Å². The second kappa shape index (κ2) is 50.0. The zero-order valence-electron chi connectivity index (χ0n) is 49.0. The van der Waals surface area contributed by atoms with Gasteiger partial charge in [0.15, 0.2) is 12.6 Å². The van der Waals surface area contributed by atoms with Crippen LogP contribution in [-0.2, 0) is 23.7 Å². The molecule has 0 saturated carbocycles. The van der Waals surface area contributed by atoms with Crippen molar-refractivity contribution in [1.82, 2.24) is 5.32 Å². The van der Waals surface area contributed by atoms with Gasteiger partial charge in [-0.25, -0.2) is 0 Å². The summed E-state index contributed by atoms with van der Waals surface area (Å²) >= 11 is 0. The van der Waals surface area contributed by atoms with Crippen molar-refractivity contribution in [1.29, 1.82) is 0 Å². The fraction of sp³-hybridized carbons (Fsp3) is 0.682. The molecule has 2 fully saturated rings. The van der Waals surface area contributed by atoms with Gasteiger partial charge in [-0.3, -0.25) is 4.79 Å². The van der Waals surface area contributed by atoms with E-state index in [1.807, 2.05) is 6.08 Å². The van der Waals surface area contributed by atoms with Gasteiger partial charge in [0.2, 0.25) is 5.91 Å². The lowest BCUT2D eigenvalue weighted by Crippen LogP contribution is -2.65. The molecule has 0 radical (unpaired) electrons. The van der Waals surface area contributed by atoms with Crippen molar-refractivity contribution in [3.8, 4) is 0 Å². The Morgan fingerprint density at radius 2 is 0.875 bits per heavy atom. The molecule has 14 heteroatoms. The average molecular weight is 1120 g/mol. The second-order valence-electron chi connectivity index (χ2n) is 21.1. The van der Waals surface area contributed by atoms with Crippen LogP contribution in [0.1, 0.15) is 194 Å². The van der Waals surface area contributed by atoms with Crippen molar-refractivity contribution in [3.05, 3.63) is 122 Å². The average Bonchev–Trinajstić information content (AvgIpc) is 3.46. The van der Waals surface area contributed by atoms with E-state index in [9.17, 15) is 45.6 Å². The maximum Gasteiger partial charge on any atom is 0.220 e. The van der Waals surface area contributed by atoms with Crippen LogP contribution in [0.25, 0.3) is 0 Å². The van der Waals surface area contributed by atoms with Gasteiger partial charge >= 0.3 is 0 Å². The topological polar surface area (TPSA) is 228 Å². The predicted octanol–water partition coefficient (Wildman–Crippen LogP) is 11.0. The maximum atomic E-state index is 13.3. The number of amides is 1. The fourth-order valence-electron chi connectivity index (χ4n) is 9.18. The Labute approximate surface area is 482 Å². The van der Waals surface area contributed by atoms with Crippen molar-refractivity contribution in [3.63, 3.8) is 0 Å². The molecule has 1 amide bonds. The van der Waals surface area contributed by atoms with E-state index in [1.165, 1.54) is 57.8 Å². The zero-order chi connectivity index (χ0) is 58.1. The van der Waals surface area contributed by atoms with Gasteiger partial charge < -0.3 is 65.1 Å². The highest BCUT2D eigenvalue weighted by molar-refractivity contribution is 5.76. The number of nitrogens with one attached hydrogen (secondary N) is 1. The first-order valence-corrected chi connectivity index (χ1v) is 30.8. The number of hydrogen-bond acceptors (Lipinski definition) is 13. The molecule has 14 nitrogen and oxygen atoms in total. The molecule has 0 spiro atoms. The molecule has 0 aromatic heterocycles. The van der Waals surface area contributed by atoms with Crippen molar-refractivity contribution < 1.29 is 64.6 Å². The SMILES string of the molecule is CC/C=C\C/C=C\C/C=C\C/C=C\C/C=C\C/C=C\C/C=C\CCCCCCCCCCCC(=O)NC(COC1OC(CO)C(OC2OC(CO)C(O)C(O)C2O)C(O)C1O)C(O)/C=C/CC/C=C/CC/C=C/CCCCCCC. The predicted molar refractivity (Wildman–Crippen MR) is 322 cm³/mol. The molecular formula is C66H109NO13. The molecule has 0 aromatic rings. The molecule has 2 aliphatic rings. The quantitative estimate of drug-likeness (QED) is 0.0204. The van der Waals surface area contributed by atoms with Crippen molar-refractivity contribution >= 4 is 5.91 Å². The highest BCUT2D eigenvalue weighted by atomic mass is 16.7. The van der Waals surface area contributed by atoms with Crippen LogP contribution in [0.2, 0.25) is 0 Å². The van der Waals surface area contributed by atoms with Crippen LogP contribution < -0.4 is 5.32 Å². The normalized spacial score (nSPS) is 25.1.